The Bertz CT molecular complexity index is 1320. The van der Waals surface area contributed by atoms with Gasteiger partial charge in [-0.05, 0) is 49.7 Å². The molecule has 0 N–H and O–H groups in total. The van der Waals surface area contributed by atoms with E-state index in [2.05, 4.69) is 10.1 Å². The molecule has 0 atom stereocenters. The van der Waals surface area contributed by atoms with Gasteiger partial charge < -0.3 is 19.0 Å². The molecular weight excluding hydrogens is 446 g/mol. The number of rotatable bonds is 8. The van der Waals surface area contributed by atoms with Crippen LogP contribution in [0.15, 0.2) is 59.3 Å². The molecule has 0 radical (unpaired) electrons. The van der Waals surface area contributed by atoms with Crippen molar-refractivity contribution < 1.29 is 18.7 Å². The molecule has 0 aliphatic carbocycles. The number of carbonyl (C=O) groups excluding carboxylic acids is 2. The zero-order chi connectivity index (χ0) is 25.1. The number of pyridine rings is 1. The highest BCUT2D eigenvalue weighted by Crippen LogP contribution is 2.27. The molecule has 35 heavy (non-hydrogen) atoms. The highest BCUT2D eigenvalue weighted by molar-refractivity contribution is 6.04. The summed E-state index contributed by atoms with van der Waals surface area (Å²) in [6, 6.07) is 13.1. The van der Waals surface area contributed by atoms with Crippen molar-refractivity contribution in [3.8, 4) is 11.5 Å². The summed E-state index contributed by atoms with van der Waals surface area (Å²) >= 11 is 0. The van der Waals surface area contributed by atoms with E-state index in [1.165, 1.54) is 4.90 Å². The number of fused-ring (bicyclic) bond motifs is 1. The normalized spacial score (nSPS) is 11.1. The van der Waals surface area contributed by atoms with Crippen LogP contribution in [0.3, 0.4) is 0 Å². The van der Waals surface area contributed by atoms with Crippen molar-refractivity contribution >= 4 is 28.6 Å². The number of hydrogen-bond acceptors (Lipinski definition) is 7. The van der Waals surface area contributed by atoms with Gasteiger partial charge in [-0.25, -0.2) is 14.5 Å². The van der Waals surface area contributed by atoms with Crippen molar-refractivity contribution in [3.05, 3.63) is 66.1 Å². The number of anilines is 1. The Morgan fingerprint density at radius 2 is 1.86 bits per heavy atom. The predicted molar refractivity (Wildman–Crippen MR) is 133 cm³/mol. The lowest BCUT2D eigenvalue weighted by Gasteiger charge is -2.18. The van der Waals surface area contributed by atoms with Crippen LogP contribution in [-0.2, 0) is 16.1 Å². The molecule has 0 saturated carbocycles. The van der Waals surface area contributed by atoms with Crippen LogP contribution in [0.25, 0.3) is 22.5 Å². The molecule has 0 aliphatic rings. The molecule has 0 saturated heterocycles. The molecule has 1 aromatic carbocycles. The number of aromatic nitrogens is 3. The van der Waals surface area contributed by atoms with Gasteiger partial charge in [0, 0.05) is 39.4 Å². The van der Waals surface area contributed by atoms with Crippen LogP contribution in [0.4, 0.5) is 5.69 Å². The van der Waals surface area contributed by atoms with E-state index in [4.69, 9.17) is 9.15 Å². The first-order valence-corrected chi connectivity index (χ1v) is 11.3. The molecule has 3 heterocycles. The minimum absolute atomic E-state index is 0.0396. The molecule has 0 unspecified atom stereocenters. The Kier molecular flexibility index (Phi) is 6.86. The van der Waals surface area contributed by atoms with Crippen molar-refractivity contribution in [2.45, 2.75) is 26.4 Å². The predicted octanol–water partition coefficient (Wildman–Crippen LogP) is 4.15. The Morgan fingerprint density at radius 1 is 1.11 bits per heavy atom. The fraction of sp³-hybridized carbons (Fsp3) is 0.308. The summed E-state index contributed by atoms with van der Waals surface area (Å²) in [6.07, 6.45) is 3.14. The van der Waals surface area contributed by atoms with Crippen molar-refractivity contribution in [3.63, 3.8) is 0 Å². The largest absolute Gasteiger partial charge is 0.463 e. The minimum Gasteiger partial charge on any atom is -0.463 e. The average molecular weight is 476 g/mol. The summed E-state index contributed by atoms with van der Waals surface area (Å²) in [5.74, 6) is -0.399. The number of nitrogens with zero attached hydrogens (tertiary/aromatic N) is 5. The van der Waals surface area contributed by atoms with Crippen LogP contribution >= 0.6 is 0 Å². The molecule has 0 fully saturated rings. The summed E-state index contributed by atoms with van der Waals surface area (Å²) in [7, 11) is 5.63. The molecule has 9 nitrogen and oxygen atoms in total. The zero-order valence-electron chi connectivity index (χ0n) is 20.6. The molecule has 9 heteroatoms. The van der Waals surface area contributed by atoms with E-state index >= 15 is 0 Å². The van der Waals surface area contributed by atoms with Gasteiger partial charge >= 0.3 is 5.97 Å². The maximum atomic E-state index is 13.1. The number of amides is 1. The molecule has 1 amide bonds. The second-order valence-corrected chi connectivity index (χ2v) is 8.84. The number of benzene rings is 1. The van der Waals surface area contributed by atoms with Gasteiger partial charge in [0.2, 0.25) is 0 Å². The lowest BCUT2D eigenvalue weighted by Crippen LogP contribution is -2.30. The van der Waals surface area contributed by atoms with Crippen LogP contribution in [0.5, 0.6) is 0 Å². The van der Waals surface area contributed by atoms with Gasteiger partial charge in [0.15, 0.2) is 18.0 Å². The SMILES string of the molecule is CC(C)n1ncc2c(C(=O)OCC(=O)N(C)Cc3ccc(N(C)C)cc3)cc(-c3ccco3)nc21. The number of hydrogen-bond donors (Lipinski definition) is 0. The average Bonchev–Trinajstić information content (AvgIpc) is 3.52. The number of furan rings is 1. The van der Waals surface area contributed by atoms with E-state index < -0.39 is 5.97 Å². The number of carbonyl (C=O) groups is 2. The summed E-state index contributed by atoms with van der Waals surface area (Å²) in [4.78, 5) is 33.9. The van der Waals surface area contributed by atoms with Crippen LogP contribution in [0, 0.1) is 0 Å². The van der Waals surface area contributed by atoms with Crippen LogP contribution < -0.4 is 4.90 Å². The van der Waals surface area contributed by atoms with Crippen LogP contribution in [-0.4, -0.2) is 59.3 Å². The van der Waals surface area contributed by atoms with Gasteiger partial charge in [-0.2, -0.15) is 5.10 Å². The van der Waals surface area contributed by atoms with Gasteiger partial charge in [-0.3, -0.25) is 4.79 Å². The first-order chi connectivity index (χ1) is 16.7. The standard InChI is InChI=1S/C26H29N5O4/c1-17(2)31-25-21(14-27-31)20(13-22(28-25)23-7-6-12-34-23)26(33)35-16-24(32)30(5)15-18-8-10-19(11-9-18)29(3)4/h6-14,17H,15-16H2,1-5H3. The van der Waals surface area contributed by atoms with E-state index in [0.717, 1.165) is 11.3 Å². The van der Waals surface area contributed by atoms with Crippen molar-refractivity contribution in [2.75, 3.05) is 32.6 Å². The highest BCUT2D eigenvalue weighted by atomic mass is 16.5. The summed E-state index contributed by atoms with van der Waals surface area (Å²) in [5.41, 5.74) is 3.38. The van der Waals surface area contributed by atoms with Gasteiger partial charge in [0.1, 0.15) is 5.69 Å². The van der Waals surface area contributed by atoms with Crippen molar-refractivity contribution in [2.24, 2.45) is 0 Å². The molecule has 0 spiro atoms. The monoisotopic (exact) mass is 475 g/mol. The maximum absolute atomic E-state index is 13.1. The Balaban J connectivity index is 1.49. The summed E-state index contributed by atoms with van der Waals surface area (Å²) in [6.45, 7) is 4.00. The third-order valence-electron chi connectivity index (χ3n) is 5.67. The van der Waals surface area contributed by atoms with E-state index in [0.29, 0.717) is 29.0 Å². The Morgan fingerprint density at radius 3 is 2.49 bits per heavy atom. The second-order valence-electron chi connectivity index (χ2n) is 8.84. The number of likely N-dealkylation sites (N-methyl/N-ethyl adjacent to an activating group) is 1. The molecule has 0 aliphatic heterocycles. The third kappa shape index (κ3) is 5.18. The van der Waals surface area contributed by atoms with Crippen molar-refractivity contribution in [1.29, 1.82) is 0 Å². The van der Waals surface area contributed by atoms with E-state index in [1.807, 2.05) is 57.1 Å². The molecule has 4 aromatic rings. The highest BCUT2D eigenvalue weighted by Gasteiger charge is 2.21. The topological polar surface area (TPSA) is 93.7 Å². The van der Waals surface area contributed by atoms with E-state index in [9.17, 15) is 9.59 Å². The smallest absolute Gasteiger partial charge is 0.339 e. The van der Waals surface area contributed by atoms with Gasteiger partial charge in [-0.15, -0.1) is 0 Å². The maximum Gasteiger partial charge on any atom is 0.339 e. The fourth-order valence-corrected chi connectivity index (χ4v) is 3.69. The van der Waals surface area contributed by atoms with Gasteiger partial charge in [0.25, 0.3) is 5.91 Å². The van der Waals surface area contributed by atoms with E-state index in [-0.39, 0.29) is 24.1 Å². The van der Waals surface area contributed by atoms with Crippen LogP contribution in [0.1, 0.15) is 35.8 Å². The van der Waals surface area contributed by atoms with Crippen molar-refractivity contribution in [1.82, 2.24) is 19.7 Å². The summed E-state index contributed by atoms with van der Waals surface area (Å²) < 4.78 is 12.6. The fourth-order valence-electron chi connectivity index (χ4n) is 3.69. The second kappa shape index (κ2) is 10.0. The first kappa shape index (κ1) is 24.0. The number of ether oxygens (including phenoxy) is 1. The lowest BCUT2D eigenvalue weighted by atomic mass is 10.1. The molecule has 3 aromatic heterocycles. The molecule has 4 rings (SSSR count). The van der Waals surface area contributed by atoms with E-state index in [1.54, 1.807) is 42.4 Å². The lowest BCUT2D eigenvalue weighted by molar-refractivity contribution is -0.133. The quantitative estimate of drug-likeness (QED) is 0.353. The minimum atomic E-state index is -0.620. The summed E-state index contributed by atoms with van der Waals surface area (Å²) in [5, 5.41) is 4.94. The zero-order valence-corrected chi connectivity index (χ0v) is 20.6. The first-order valence-electron chi connectivity index (χ1n) is 11.3. The van der Waals surface area contributed by atoms with Crippen LogP contribution in [0.2, 0.25) is 0 Å². The molecule has 0 bridgehead atoms. The Hall–Kier alpha value is -4.14. The van der Waals surface area contributed by atoms with Gasteiger partial charge in [0.05, 0.1) is 23.4 Å². The Labute approximate surface area is 203 Å². The number of esters is 1. The van der Waals surface area contributed by atoms with Gasteiger partial charge in [-0.1, -0.05) is 12.1 Å². The molecular formula is C26H29N5O4. The third-order valence-corrected chi connectivity index (χ3v) is 5.67. The molecule has 182 valence electrons.